The molecule has 0 N–H and O–H groups in total. The molecule has 0 saturated heterocycles. The van der Waals surface area contributed by atoms with E-state index in [2.05, 4.69) is 4.74 Å². The zero-order valence-electron chi connectivity index (χ0n) is 43.3. The number of methoxy groups -OCH3 is 1. The van der Waals surface area contributed by atoms with E-state index in [1.165, 1.54) is 7.11 Å². The molecule has 0 aliphatic carbocycles. The van der Waals surface area contributed by atoms with Crippen LogP contribution in [0.25, 0.3) is 0 Å². The van der Waals surface area contributed by atoms with E-state index in [0.717, 1.165) is 21.6 Å². The van der Waals surface area contributed by atoms with Crippen LogP contribution in [0, 0.1) is 19.3 Å². The molecule has 1 heterocycles. The van der Waals surface area contributed by atoms with Gasteiger partial charge in [-0.05, 0) is 79.1 Å². The molecule has 0 radical (unpaired) electrons. The molecule has 0 unspecified atom stereocenters. The van der Waals surface area contributed by atoms with E-state index in [-0.39, 0.29) is 32.9 Å². The number of carbonyl (C=O) groups is 3. The van der Waals surface area contributed by atoms with Crippen molar-refractivity contribution in [3.8, 4) is 23.0 Å². The molecule has 5 aromatic carbocycles. The number of hydrogen-bond acceptors (Lipinski definition) is 14. The van der Waals surface area contributed by atoms with E-state index in [4.69, 9.17) is 47.4 Å². The third-order valence-corrected chi connectivity index (χ3v) is 10.9. The number of halogens is 3. The van der Waals surface area contributed by atoms with E-state index >= 15 is 0 Å². The van der Waals surface area contributed by atoms with Gasteiger partial charge in [0.1, 0.15) is 33.0 Å². The lowest BCUT2D eigenvalue weighted by Crippen LogP contribution is -2.46. The monoisotopic (exact) mass is 1050 g/mol. The zero-order valence-corrected chi connectivity index (χ0v) is 43.3. The van der Waals surface area contributed by atoms with Crippen molar-refractivity contribution in [1.82, 2.24) is 4.90 Å². The Hall–Kier alpha value is -6.70. The third-order valence-electron chi connectivity index (χ3n) is 10.9. The normalized spacial score (nSPS) is 14.5. The molecule has 0 fully saturated rings. The van der Waals surface area contributed by atoms with Crippen LogP contribution >= 0.6 is 0 Å². The van der Waals surface area contributed by atoms with E-state index in [1.807, 2.05) is 68.4 Å². The number of alkyl halides is 3. The van der Waals surface area contributed by atoms with Gasteiger partial charge in [-0.25, -0.2) is 9.59 Å². The maximum atomic E-state index is 13.5. The number of esters is 2. The number of fused-ring (bicyclic) bond motifs is 2. The predicted molar refractivity (Wildman–Crippen MR) is 272 cm³/mol. The second-order valence-electron chi connectivity index (χ2n) is 18.0. The average Bonchev–Trinajstić information content (AvgIpc) is 3.39. The largest absolute Gasteiger partial charge is 0.487 e. The summed E-state index contributed by atoms with van der Waals surface area (Å²) in [5, 5.41) is 0. The predicted octanol–water partition coefficient (Wildman–Crippen LogP) is 9.56. The first kappa shape index (κ1) is 59.2. The molecule has 0 atom stereocenters. The van der Waals surface area contributed by atoms with Crippen LogP contribution in [0.3, 0.4) is 0 Å². The third kappa shape index (κ3) is 22.0. The van der Waals surface area contributed by atoms with Crippen LogP contribution in [0.5, 0.6) is 23.0 Å². The molecule has 406 valence electrons. The Morgan fingerprint density at radius 2 is 0.920 bits per heavy atom. The number of nitrogens with zero attached hydrogens (tertiary/aromatic N) is 1. The molecule has 0 aromatic heterocycles. The molecule has 0 saturated carbocycles. The van der Waals surface area contributed by atoms with Crippen LogP contribution in [-0.2, 0) is 57.7 Å². The molecule has 5 aromatic rings. The van der Waals surface area contributed by atoms with Gasteiger partial charge in [0, 0.05) is 18.5 Å². The molecule has 75 heavy (non-hydrogen) atoms. The topological polar surface area (TPSA) is 156 Å². The summed E-state index contributed by atoms with van der Waals surface area (Å²) in [6.45, 7) is 12.5. The van der Waals surface area contributed by atoms with Gasteiger partial charge >= 0.3 is 24.0 Å². The molecule has 1 aliphatic heterocycles. The minimum atomic E-state index is -5.04. The lowest BCUT2D eigenvalue weighted by atomic mass is 9.93. The first-order valence-corrected chi connectivity index (χ1v) is 24.5. The molecule has 0 spiro atoms. The summed E-state index contributed by atoms with van der Waals surface area (Å²) in [6, 6.07) is 33.7. The zero-order chi connectivity index (χ0) is 53.9. The second kappa shape index (κ2) is 31.2. The number of benzene rings is 5. The number of hydrogen-bond donors (Lipinski definition) is 0. The summed E-state index contributed by atoms with van der Waals surface area (Å²) < 4.78 is 102. The summed E-state index contributed by atoms with van der Waals surface area (Å²) in [5.41, 5.74) is 3.82. The quantitative estimate of drug-likeness (QED) is 0.109. The van der Waals surface area contributed by atoms with Gasteiger partial charge in [-0.2, -0.15) is 13.2 Å². The van der Waals surface area contributed by atoms with Gasteiger partial charge in [-0.1, -0.05) is 91.7 Å². The molecule has 0 bridgehead atoms. The van der Waals surface area contributed by atoms with E-state index in [0.29, 0.717) is 125 Å². The molecule has 18 heteroatoms. The molecule has 1 amide bonds. The molecular formula is C57H68F3NO14. The van der Waals surface area contributed by atoms with Crippen molar-refractivity contribution in [3.05, 3.63) is 154 Å². The number of para-hydroxylation sites is 4. The van der Waals surface area contributed by atoms with Crippen molar-refractivity contribution in [2.45, 2.75) is 53.6 Å². The minimum Gasteiger partial charge on any atom is -0.487 e. The molecule has 1 aliphatic rings. The van der Waals surface area contributed by atoms with Crippen LogP contribution in [0.4, 0.5) is 13.2 Å². The first-order valence-electron chi connectivity index (χ1n) is 24.5. The highest BCUT2D eigenvalue weighted by atomic mass is 19.4. The SMILES string of the molecule is COC(=O)c1ccc(COCC(C)(C)CN(Cc2ccc(COC(=O)c3cc(C)cc(C)c3)cc2)C(=O)C(F)(F)F)cc1.c1ccc2c(c1)OCCOCCOCCOc1ccccc1OCCOCCOCCO2. The number of aryl methyl sites for hydroxylation is 2. The van der Waals surface area contributed by atoms with Gasteiger partial charge < -0.3 is 57.0 Å². The van der Waals surface area contributed by atoms with Gasteiger partial charge in [0.25, 0.3) is 0 Å². The number of ether oxygens (including phenoxy) is 11. The van der Waals surface area contributed by atoms with Crippen LogP contribution in [-0.4, -0.2) is 128 Å². The van der Waals surface area contributed by atoms with Crippen LogP contribution in [0.15, 0.2) is 115 Å². The van der Waals surface area contributed by atoms with Crippen molar-refractivity contribution in [2.24, 2.45) is 5.41 Å². The fourth-order valence-corrected chi connectivity index (χ4v) is 7.39. The van der Waals surface area contributed by atoms with Crippen LogP contribution in [0.1, 0.15) is 62.4 Å². The number of carbonyl (C=O) groups excluding carboxylic acids is 3. The first-order chi connectivity index (χ1) is 36.1. The lowest BCUT2D eigenvalue weighted by molar-refractivity contribution is -0.188. The molecular weight excluding hydrogens is 980 g/mol. The summed E-state index contributed by atoms with van der Waals surface area (Å²) >= 11 is 0. The smallest absolute Gasteiger partial charge is 0.471 e. The van der Waals surface area contributed by atoms with Crippen LogP contribution in [0.2, 0.25) is 0 Å². The van der Waals surface area contributed by atoms with E-state index in [9.17, 15) is 27.6 Å². The van der Waals surface area contributed by atoms with Gasteiger partial charge in [-0.15, -0.1) is 0 Å². The van der Waals surface area contributed by atoms with Crippen molar-refractivity contribution in [2.75, 3.05) is 99.5 Å². The number of rotatable bonds is 12. The Kier molecular flexibility index (Phi) is 24.7. The van der Waals surface area contributed by atoms with Crippen molar-refractivity contribution >= 4 is 17.8 Å². The number of amides is 1. The standard InChI is InChI=1S/C33H36F3NO6.C24H32O8/c1-22-14-23(2)16-28(15-22)30(39)43-19-26-8-6-24(7-9-26)17-37(31(40)33(34,35)36)20-32(3,4)21-42-18-25-10-12-27(13-11-25)29(38)41-5;1-2-6-22-21(5-1)29-17-13-25-9-10-27-15-19-31-23-7-3-4-8-24(23)32-20-16-28-12-11-26-14-18-30-22/h6-16H,17-21H2,1-5H3;1-8H,9-20H2. The Labute approximate surface area is 437 Å². The van der Waals surface area contributed by atoms with Crippen molar-refractivity contribution in [3.63, 3.8) is 0 Å². The molecule has 15 nitrogen and oxygen atoms in total. The fourth-order valence-electron chi connectivity index (χ4n) is 7.39. The minimum absolute atomic E-state index is 0.00686. The maximum absolute atomic E-state index is 13.5. The Morgan fingerprint density at radius 1 is 0.520 bits per heavy atom. The van der Waals surface area contributed by atoms with Crippen molar-refractivity contribution in [1.29, 1.82) is 0 Å². The van der Waals surface area contributed by atoms with Crippen molar-refractivity contribution < 1.29 is 79.7 Å². The highest BCUT2D eigenvalue weighted by molar-refractivity contribution is 5.90. The maximum Gasteiger partial charge on any atom is 0.471 e. The van der Waals surface area contributed by atoms with Gasteiger partial charge in [0.05, 0.1) is 84.3 Å². The average molecular weight is 1050 g/mol. The summed E-state index contributed by atoms with van der Waals surface area (Å²) in [5.74, 6) is -0.143. The van der Waals surface area contributed by atoms with E-state index < -0.39 is 29.4 Å². The highest BCUT2D eigenvalue weighted by Crippen LogP contribution is 2.29. The summed E-state index contributed by atoms with van der Waals surface area (Å²) in [6.07, 6.45) is -5.04. The van der Waals surface area contributed by atoms with Gasteiger partial charge in [-0.3, -0.25) is 4.79 Å². The highest BCUT2D eigenvalue weighted by Gasteiger charge is 2.43. The summed E-state index contributed by atoms with van der Waals surface area (Å²) in [4.78, 5) is 37.1. The second-order valence-corrected chi connectivity index (χ2v) is 18.0. The van der Waals surface area contributed by atoms with Gasteiger partial charge in [0.15, 0.2) is 23.0 Å². The Morgan fingerprint density at radius 3 is 1.35 bits per heavy atom. The fraction of sp³-hybridized carbons (Fsp3) is 0.421. The Bertz CT molecular complexity index is 2360. The lowest BCUT2D eigenvalue weighted by Gasteiger charge is -2.33. The Balaban J connectivity index is 0.000000289. The molecule has 6 rings (SSSR count). The van der Waals surface area contributed by atoms with E-state index in [1.54, 1.807) is 74.5 Å². The van der Waals surface area contributed by atoms with Crippen LogP contribution < -0.4 is 18.9 Å². The summed E-state index contributed by atoms with van der Waals surface area (Å²) in [7, 11) is 1.29. The van der Waals surface area contributed by atoms with Gasteiger partial charge in [0.2, 0.25) is 0 Å².